The van der Waals surface area contributed by atoms with Gasteiger partial charge >= 0.3 is 5.97 Å². The lowest BCUT2D eigenvalue weighted by Gasteiger charge is -2.16. The van der Waals surface area contributed by atoms with Gasteiger partial charge in [-0.25, -0.2) is 4.79 Å². The van der Waals surface area contributed by atoms with E-state index in [0.717, 1.165) is 6.42 Å². The molecule has 0 aliphatic carbocycles. The Hall–Kier alpha value is -3.22. The van der Waals surface area contributed by atoms with Gasteiger partial charge in [-0.15, -0.1) is 0 Å². The third kappa shape index (κ3) is 3.74. The Morgan fingerprint density at radius 3 is 2.57 bits per heavy atom. The minimum absolute atomic E-state index is 0.0274. The molecule has 0 radical (unpaired) electrons. The van der Waals surface area contributed by atoms with E-state index in [1.807, 2.05) is 0 Å². The van der Waals surface area contributed by atoms with Crippen molar-refractivity contribution in [3.05, 3.63) is 52.3 Å². The van der Waals surface area contributed by atoms with Crippen molar-refractivity contribution in [2.75, 3.05) is 18.1 Å². The van der Waals surface area contributed by atoms with Crippen molar-refractivity contribution >= 4 is 29.1 Å². The molecule has 28 heavy (non-hydrogen) atoms. The fraction of sp³-hybridized carbons (Fsp3) is 0.333. The van der Waals surface area contributed by atoms with Crippen LogP contribution in [-0.4, -0.2) is 41.6 Å². The number of aromatic nitrogens is 1. The van der Waals surface area contributed by atoms with Crippen LogP contribution in [0.25, 0.3) is 0 Å². The second-order valence-electron chi connectivity index (χ2n) is 6.88. The number of carbonyl (C=O) groups is 4. The van der Waals surface area contributed by atoms with Crippen LogP contribution in [0.5, 0.6) is 0 Å². The molecule has 2 aromatic rings. The number of ether oxygens (including phenoxy) is 1. The summed E-state index contributed by atoms with van der Waals surface area (Å²) in [5, 5.41) is 0. The van der Waals surface area contributed by atoms with Crippen LogP contribution in [0, 0.1) is 13.8 Å². The molecule has 1 N–H and O–H groups in total. The van der Waals surface area contributed by atoms with E-state index in [0.29, 0.717) is 35.5 Å². The van der Waals surface area contributed by atoms with Gasteiger partial charge in [-0.3, -0.25) is 14.4 Å². The average Bonchev–Trinajstić information content (AvgIpc) is 3.22. The van der Waals surface area contributed by atoms with Gasteiger partial charge < -0.3 is 14.6 Å². The summed E-state index contributed by atoms with van der Waals surface area (Å²) in [5.74, 6) is -1.16. The number of carbonyl (C=O) groups excluding carboxylic acids is 4. The van der Waals surface area contributed by atoms with Gasteiger partial charge in [0.2, 0.25) is 11.7 Å². The summed E-state index contributed by atoms with van der Waals surface area (Å²) < 4.78 is 5.16. The van der Waals surface area contributed by atoms with Crippen molar-refractivity contribution in [1.29, 1.82) is 0 Å². The number of nitrogens with one attached hydrogen (secondary N) is 1. The molecule has 1 amide bonds. The first-order chi connectivity index (χ1) is 13.3. The highest BCUT2D eigenvalue weighted by atomic mass is 16.5. The molecule has 7 heteroatoms. The maximum Gasteiger partial charge on any atom is 0.338 e. The standard InChI is InChI=1S/C21H22N2O5/c1-12-19(14(3)24)13(2)22-20(12)17(25)11-28-21(27)15-6-4-7-16(10-15)23-9-5-8-18(23)26/h4,6-7,10,22H,5,8-9,11H2,1-3H3. The molecule has 7 nitrogen and oxygen atoms in total. The van der Waals surface area contributed by atoms with Crippen LogP contribution < -0.4 is 4.90 Å². The molecular weight excluding hydrogens is 360 g/mol. The zero-order valence-corrected chi connectivity index (χ0v) is 16.1. The number of esters is 1. The number of anilines is 1. The zero-order valence-electron chi connectivity index (χ0n) is 16.1. The molecule has 0 saturated carbocycles. The Labute approximate surface area is 162 Å². The predicted molar refractivity (Wildman–Crippen MR) is 103 cm³/mol. The summed E-state index contributed by atoms with van der Waals surface area (Å²) in [6.45, 7) is 5.03. The first-order valence-electron chi connectivity index (χ1n) is 9.10. The number of hydrogen-bond donors (Lipinski definition) is 1. The van der Waals surface area contributed by atoms with E-state index in [1.54, 1.807) is 43.0 Å². The second kappa shape index (κ2) is 7.80. The summed E-state index contributed by atoms with van der Waals surface area (Å²) in [6, 6.07) is 6.61. The number of H-pyrrole nitrogens is 1. The van der Waals surface area contributed by atoms with Crippen molar-refractivity contribution in [1.82, 2.24) is 4.98 Å². The molecule has 0 unspecified atom stereocenters. The molecule has 0 atom stereocenters. The Bertz CT molecular complexity index is 973. The van der Waals surface area contributed by atoms with E-state index in [9.17, 15) is 19.2 Å². The number of hydrogen-bond acceptors (Lipinski definition) is 5. The molecule has 1 aliphatic heterocycles. The number of ketones is 2. The second-order valence-corrected chi connectivity index (χ2v) is 6.88. The molecule has 146 valence electrons. The summed E-state index contributed by atoms with van der Waals surface area (Å²) in [4.78, 5) is 52.9. The van der Waals surface area contributed by atoms with Gasteiger partial charge in [-0.05, 0) is 51.0 Å². The SMILES string of the molecule is CC(=O)c1c(C)[nH]c(C(=O)COC(=O)c2cccc(N3CCCC3=O)c2)c1C. The van der Waals surface area contributed by atoms with E-state index < -0.39 is 18.4 Å². The highest BCUT2D eigenvalue weighted by Crippen LogP contribution is 2.23. The Morgan fingerprint density at radius 2 is 1.96 bits per heavy atom. The van der Waals surface area contributed by atoms with Crippen molar-refractivity contribution in [2.45, 2.75) is 33.6 Å². The first kappa shape index (κ1) is 19.5. The third-order valence-electron chi connectivity index (χ3n) is 4.87. The van der Waals surface area contributed by atoms with Crippen LogP contribution in [0.1, 0.15) is 62.2 Å². The predicted octanol–water partition coefficient (Wildman–Crippen LogP) is 3.00. The highest BCUT2D eigenvalue weighted by Gasteiger charge is 2.23. The largest absolute Gasteiger partial charge is 0.454 e. The summed E-state index contributed by atoms with van der Waals surface area (Å²) in [5.41, 5.74) is 2.84. The van der Waals surface area contributed by atoms with Crippen molar-refractivity contribution in [3.8, 4) is 0 Å². The van der Waals surface area contributed by atoms with Gasteiger partial charge in [-0.2, -0.15) is 0 Å². The maximum atomic E-state index is 12.4. The van der Waals surface area contributed by atoms with E-state index >= 15 is 0 Å². The number of aromatic amines is 1. The van der Waals surface area contributed by atoms with E-state index in [4.69, 9.17) is 4.74 Å². The summed E-state index contributed by atoms with van der Waals surface area (Å²) in [7, 11) is 0. The normalized spacial score (nSPS) is 13.7. The number of rotatable bonds is 6. The van der Waals surface area contributed by atoms with Crippen molar-refractivity contribution in [3.63, 3.8) is 0 Å². The zero-order chi connectivity index (χ0) is 20.4. The number of Topliss-reactive ketones (excluding diaryl/α,β-unsaturated/α-hetero) is 2. The lowest BCUT2D eigenvalue weighted by atomic mass is 10.1. The van der Waals surface area contributed by atoms with Crippen LogP contribution in [0.4, 0.5) is 5.69 Å². The van der Waals surface area contributed by atoms with E-state index in [1.165, 1.54) is 6.92 Å². The smallest absolute Gasteiger partial charge is 0.338 e. The molecule has 1 aromatic heterocycles. The van der Waals surface area contributed by atoms with E-state index in [-0.39, 0.29) is 22.9 Å². The minimum Gasteiger partial charge on any atom is -0.454 e. The molecule has 1 fully saturated rings. The van der Waals surface area contributed by atoms with E-state index in [2.05, 4.69) is 4.98 Å². The van der Waals surface area contributed by atoms with Crippen LogP contribution in [-0.2, 0) is 9.53 Å². The Balaban J connectivity index is 1.69. The number of benzene rings is 1. The van der Waals surface area contributed by atoms with Gasteiger partial charge in [0.15, 0.2) is 12.4 Å². The fourth-order valence-electron chi connectivity index (χ4n) is 3.57. The molecule has 0 bridgehead atoms. The fourth-order valence-corrected chi connectivity index (χ4v) is 3.57. The monoisotopic (exact) mass is 382 g/mol. The minimum atomic E-state index is -0.644. The molecule has 1 aliphatic rings. The topological polar surface area (TPSA) is 96.5 Å². The van der Waals surface area contributed by atoms with Gasteiger partial charge in [-0.1, -0.05) is 6.07 Å². The van der Waals surface area contributed by atoms with Gasteiger partial charge in [0, 0.05) is 29.9 Å². The molecule has 1 saturated heterocycles. The quantitative estimate of drug-likeness (QED) is 0.612. The summed E-state index contributed by atoms with van der Waals surface area (Å²) >= 11 is 0. The number of amides is 1. The Kier molecular flexibility index (Phi) is 5.44. The van der Waals surface area contributed by atoms with Crippen LogP contribution in [0.2, 0.25) is 0 Å². The first-order valence-corrected chi connectivity index (χ1v) is 9.10. The third-order valence-corrected chi connectivity index (χ3v) is 4.87. The Morgan fingerprint density at radius 1 is 1.21 bits per heavy atom. The van der Waals surface area contributed by atoms with Gasteiger partial charge in [0.25, 0.3) is 0 Å². The average molecular weight is 382 g/mol. The molecule has 3 rings (SSSR count). The highest BCUT2D eigenvalue weighted by molar-refractivity contribution is 6.04. The molecule has 0 spiro atoms. The lowest BCUT2D eigenvalue weighted by Crippen LogP contribution is -2.24. The molecular formula is C21H22N2O5. The molecule has 2 heterocycles. The van der Waals surface area contributed by atoms with Crippen LogP contribution >= 0.6 is 0 Å². The summed E-state index contributed by atoms with van der Waals surface area (Å²) in [6.07, 6.45) is 1.29. The van der Waals surface area contributed by atoms with Gasteiger partial charge in [0.1, 0.15) is 0 Å². The number of nitrogens with zero attached hydrogens (tertiary/aromatic N) is 1. The lowest BCUT2D eigenvalue weighted by molar-refractivity contribution is -0.117. The van der Waals surface area contributed by atoms with Gasteiger partial charge in [0.05, 0.1) is 11.3 Å². The van der Waals surface area contributed by atoms with Crippen molar-refractivity contribution in [2.24, 2.45) is 0 Å². The maximum absolute atomic E-state index is 12.4. The van der Waals surface area contributed by atoms with Crippen LogP contribution in [0.3, 0.4) is 0 Å². The molecule has 1 aromatic carbocycles. The van der Waals surface area contributed by atoms with Crippen LogP contribution in [0.15, 0.2) is 24.3 Å². The van der Waals surface area contributed by atoms with Crippen molar-refractivity contribution < 1.29 is 23.9 Å². The number of aryl methyl sites for hydroxylation is 1.